The summed E-state index contributed by atoms with van der Waals surface area (Å²) >= 11 is 0. The molecule has 0 spiro atoms. The fourth-order valence-electron chi connectivity index (χ4n) is 3.99. The molecule has 5 rings (SSSR count). The molecule has 0 radical (unpaired) electrons. The van der Waals surface area contributed by atoms with E-state index in [2.05, 4.69) is 15.1 Å². The van der Waals surface area contributed by atoms with Crippen LogP contribution in [0.3, 0.4) is 0 Å². The molecule has 0 aliphatic carbocycles. The van der Waals surface area contributed by atoms with Gasteiger partial charge in [0.05, 0.1) is 17.4 Å². The summed E-state index contributed by atoms with van der Waals surface area (Å²) in [5, 5.41) is 3.95. The fourth-order valence-corrected chi connectivity index (χ4v) is 3.99. The van der Waals surface area contributed by atoms with Gasteiger partial charge in [-0.2, -0.15) is 4.98 Å². The van der Waals surface area contributed by atoms with Gasteiger partial charge >= 0.3 is 0 Å². The highest BCUT2D eigenvalue weighted by molar-refractivity contribution is 5.81. The van der Waals surface area contributed by atoms with Crippen molar-refractivity contribution < 1.29 is 18.1 Å². The Hall–Kier alpha value is -3.62. The minimum absolute atomic E-state index is 0.0979. The molecule has 0 bridgehead atoms. The van der Waals surface area contributed by atoms with Crippen LogP contribution in [-0.4, -0.2) is 43.6 Å². The normalized spacial score (nSPS) is 14.2. The van der Waals surface area contributed by atoms with Crippen molar-refractivity contribution in [3.05, 3.63) is 54.4 Å². The van der Waals surface area contributed by atoms with Gasteiger partial charge in [-0.05, 0) is 55.7 Å². The van der Waals surface area contributed by atoms with Gasteiger partial charge in [0.2, 0.25) is 11.7 Å². The Morgan fingerprint density at radius 2 is 1.81 bits per heavy atom. The molecule has 3 heterocycles. The number of likely N-dealkylation sites (tertiary alicyclic amines) is 1. The standard InChI is InChI=1S/C23H21F2N5O2/c24-17-6-4-16(12-18(17)25)23-27-22(28-32-23)15-5-7-20-19(13-15)26-14-30(20)11-8-21(31)29-9-2-1-3-10-29/h4-7,12-14H,1-3,8-11H2. The predicted octanol–water partition coefficient (Wildman–Crippen LogP) is 4.43. The van der Waals surface area contributed by atoms with Crippen LogP contribution in [0.4, 0.5) is 8.78 Å². The van der Waals surface area contributed by atoms with E-state index in [0.717, 1.165) is 49.1 Å². The summed E-state index contributed by atoms with van der Waals surface area (Å²) in [6.07, 6.45) is 5.52. The number of hydrogen-bond acceptors (Lipinski definition) is 5. The zero-order valence-corrected chi connectivity index (χ0v) is 17.3. The van der Waals surface area contributed by atoms with Crippen LogP contribution in [0.25, 0.3) is 33.9 Å². The average molecular weight is 437 g/mol. The quantitative estimate of drug-likeness (QED) is 0.462. The molecule has 0 saturated carbocycles. The minimum atomic E-state index is -0.979. The SMILES string of the molecule is O=C(CCn1cnc2cc(-c3noc(-c4ccc(F)c(F)c4)n3)ccc21)N1CCCCC1. The molecule has 4 aromatic rings. The van der Waals surface area contributed by atoms with Crippen molar-refractivity contribution >= 4 is 16.9 Å². The number of benzene rings is 2. The molecule has 164 valence electrons. The van der Waals surface area contributed by atoms with Crippen LogP contribution in [0.1, 0.15) is 25.7 Å². The molecule has 9 heteroatoms. The largest absolute Gasteiger partial charge is 0.343 e. The summed E-state index contributed by atoms with van der Waals surface area (Å²) in [6.45, 7) is 2.27. The Kier molecular flexibility index (Phi) is 5.38. The first-order valence-electron chi connectivity index (χ1n) is 10.6. The minimum Gasteiger partial charge on any atom is -0.343 e. The number of carbonyl (C=O) groups is 1. The molecule has 7 nitrogen and oxygen atoms in total. The summed E-state index contributed by atoms with van der Waals surface area (Å²) in [5.41, 5.74) is 2.63. The van der Waals surface area contributed by atoms with E-state index in [1.165, 1.54) is 12.5 Å². The van der Waals surface area contributed by atoms with Gasteiger partial charge in [0.25, 0.3) is 5.89 Å². The highest BCUT2D eigenvalue weighted by Gasteiger charge is 2.17. The maximum absolute atomic E-state index is 13.5. The first kappa shape index (κ1) is 20.3. The third-order valence-electron chi connectivity index (χ3n) is 5.75. The number of piperidine rings is 1. The summed E-state index contributed by atoms with van der Waals surface area (Å²) in [4.78, 5) is 23.1. The molecule has 1 fully saturated rings. The number of imidazole rings is 1. The van der Waals surface area contributed by atoms with Crippen molar-refractivity contribution in [1.29, 1.82) is 0 Å². The number of hydrogen-bond donors (Lipinski definition) is 0. The van der Waals surface area contributed by atoms with Crippen LogP contribution in [-0.2, 0) is 11.3 Å². The van der Waals surface area contributed by atoms with Crippen molar-refractivity contribution in [3.8, 4) is 22.8 Å². The maximum Gasteiger partial charge on any atom is 0.258 e. The van der Waals surface area contributed by atoms with E-state index in [9.17, 15) is 13.6 Å². The molecular formula is C23H21F2N5O2. The zero-order valence-electron chi connectivity index (χ0n) is 17.3. The third kappa shape index (κ3) is 3.98. The van der Waals surface area contributed by atoms with E-state index in [4.69, 9.17) is 4.52 Å². The lowest BCUT2D eigenvalue weighted by Crippen LogP contribution is -2.35. The second kappa shape index (κ2) is 8.49. The molecule has 32 heavy (non-hydrogen) atoms. The van der Waals surface area contributed by atoms with Crippen LogP contribution < -0.4 is 0 Å². The maximum atomic E-state index is 13.5. The van der Waals surface area contributed by atoms with Crippen molar-refractivity contribution in [3.63, 3.8) is 0 Å². The molecular weight excluding hydrogens is 416 g/mol. The van der Waals surface area contributed by atoms with E-state index in [-0.39, 0.29) is 11.8 Å². The van der Waals surface area contributed by atoms with E-state index >= 15 is 0 Å². The second-order valence-electron chi connectivity index (χ2n) is 7.88. The monoisotopic (exact) mass is 437 g/mol. The van der Waals surface area contributed by atoms with E-state index in [1.807, 2.05) is 27.7 Å². The van der Waals surface area contributed by atoms with Crippen molar-refractivity contribution in [1.82, 2.24) is 24.6 Å². The Labute approximate surface area is 182 Å². The number of carbonyl (C=O) groups excluding carboxylic acids is 1. The van der Waals surface area contributed by atoms with Crippen LogP contribution >= 0.6 is 0 Å². The highest BCUT2D eigenvalue weighted by Crippen LogP contribution is 2.26. The lowest BCUT2D eigenvalue weighted by atomic mass is 10.1. The highest BCUT2D eigenvalue weighted by atomic mass is 19.2. The number of aryl methyl sites for hydroxylation is 1. The smallest absolute Gasteiger partial charge is 0.258 e. The molecule has 2 aromatic heterocycles. The molecule has 1 aliphatic heterocycles. The first-order valence-corrected chi connectivity index (χ1v) is 10.6. The van der Waals surface area contributed by atoms with Crippen molar-refractivity contribution in [2.24, 2.45) is 0 Å². The van der Waals surface area contributed by atoms with Gasteiger partial charge in [-0.25, -0.2) is 13.8 Å². The van der Waals surface area contributed by atoms with Gasteiger partial charge in [-0.15, -0.1) is 0 Å². The van der Waals surface area contributed by atoms with Gasteiger partial charge in [-0.3, -0.25) is 4.79 Å². The van der Waals surface area contributed by atoms with Crippen LogP contribution in [0, 0.1) is 11.6 Å². The van der Waals surface area contributed by atoms with Gasteiger partial charge in [0, 0.05) is 37.2 Å². The van der Waals surface area contributed by atoms with Gasteiger partial charge in [0.15, 0.2) is 11.6 Å². The summed E-state index contributed by atoms with van der Waals surface area (Å²) < 4.78 is 33.8. The number of aromatic nitrogens is 4. The van der Waals surface area contributed by atoms with Crippen LogP contribution in [0.2, 0.25) is 0 Å². The van der Waals surface area contributed by atoms with E-state index < -0.39 is 11.6 Å². The Bertz CT molecular complexity index is 1280. The predicted molar refractivity (Wildman–Crippen MR) is 113 cm³/mol. The molecule has 0 atom stereocenters. The number of amides is 1. The summed E-state index contributed by atoms with van der Waals surface area (Å²) in [5.74, 6) is -1.32. The van der Waals surface area contributed by atoms with E-state index in [0.29, 0.717) is 29.9 Å². The Balaban J connectivity index is 1.32. The lowest BCUT2D eigenvalue weighted by Gasteiger charge is -2.26. The number of halogens is 2. The van der Waals surface area contributed by atoms with Gasteiger partial charge in [0.1, 0.15) is 0 Å². The molecule has 1 aliphatic rings. The molecule has 0 unspecified atom stereocenters. The molecule has 1 amide bonds. The average Bonchev–Trinajstić information content (AvgIpc) is 3.47. The number of fused-ring (bicyclic) bond motifs is 1. The molecule has 1 saturated heterocycles. The third-order valence-corrected chi connectivity index (χ3v) is 5.75. The fraction of sp³-hybridized carbons (Fsp3) is 0.304. The second-order valence-corrected chi connectivity index (χ2v) is 7.88. The Morgan fingerprint density at radius 1 is 1.00 bits per heavy atom. The first-order chi connectivity index (χ1) is 15.6. The van der Waals surface area contributed by atoms with E-state index in [1.54, 1.807) is 6.33 Å². The topological polar surface area (TPSA) is 77.0 Å². The molecule has 2 aromatic carbocycles. The van der Waals surface area contributed by atoms with Crippen LogP contribution in [0.15, 0.2) is 47.2 Å². The summed E-state index contributed by atoms with van der Waals surface area (Å²) in [6, 6.07) is 8.99. The van der Waals surface area contributed by atoms with Crippen molar-refractivity contribution in [2.45, 2.75) is 32.2 Å². The van der Waals surface area contributed by atoms with Crippen molar-refractivity contribution in [2.75, 3.05) is 13.1 Å². The van der Waals surface area contributed by atoms with Gasteiger partial charge < -0.3 is 14.0 Å². The zero-order chi connectivity index (χ0) is 22.1. The summed E-state index contributed by atoms with van der Waals surface area (Å²) in [7, 11) is 0. The Morgan fingerprint density at radius 3 is 2.62 bits per heavy atom. The lowest BCUT2D eigenvalue weighted by molar-refractivity contribution is -0.132. The van der Waals surface area contributed by atoms with Crippen LogP contribution in [0.5, 0.6) is 0 Å². The van der Waals surface area contributed by atoms with Gasteiger partial charge in [-0.1, -0.05) is 5.16 Å². The molecule has 0 N–H and O–H groups in total. The number of nitrogens with zero attached hydrogens (tertiary/aromatic N) is 5. The number of rotatable bonds is 5.